The van der Waals surface area contributed by atoms with Gasteiger partial charge in [0.1, 0.15) is 12.0 Å². The zero-order chi connectivity index (χ0) is 21.4. The molecule has 164 valence electrons. The highest BCUT2D eigenvalue weighted by atomic mass is 16.6. The number of esters is 1. The van der Waals surface area contributed by atoms with Crippen LogP contribution in [0.25, 0.3) is 0 Å². The van der Waals surface area contributed by atoms with E-state index in [1.54, 1.807) is 0 Å². The van der Waals surface area contributed by atoms with Crippen molar-refractivity contribution in [1.82, 2.24) is 0 Å². The molecular formula is C24H33NO5. The van der Waals surface area contributed by atoms with Gasteiger partial charge in [0.25, 0.3) is 0 Å². The van der Waals surface area contributed by atoms with Gasteiger partial charge in [-0.25, -0.2) is 4.79 Å². The van der Waals surface area contributed by atoms with Crippen molar-refractivity contribution in [3.8, 4) is 5.75 Å². The van der Waals surface area contributed by atoms with Crippen LogP contribution in [0.5, 0.6) is 5.75 Å². The number of ether oxygens (including phenoxy) is 3. The van der Waals surface area contributed by atoms with Crippen LogP contribution in [0.1, 0.15) is 51.9 Å². The topological polar surface area (TPSA) is 77.2 Å². The molecule has 0 aromatic heterocycles. The standard InChI is InChI=1S/C24H33NO5/c1-3-28-23(27)24(17-30-24)12-6-4-5-7-13-29-22-10-8-20(9-11-22)25-21(16-26)15-19-14-18(19)2/h8-11,16,19,21,25H,2-7,12-15,17H2,1H3. The molecule has 0 amide bonds. The lowest BCUT2D eigenvalue weighted by atomic mass is 10.0. The van der Waals surface area contributed by atoms with Gasteiger partial charge < -0.3 is 24.3 Å². The molecule has 1 aromatic rings. The monoisotopic (exact) mass is 415 g/mol. The zero-order valence-corrected chi connectivity index (χ0v) is 17.9. The first-order chi connectivity index (χ1) is 14.6. The lowest BCUT2D eigenvalue weighted by Crippen LogP contribution is -2.27. The molecule has 0 spiro atoms. The SMILES string of the molecule is C=C1CC1CC(C=O)Nc1ccc(OCCCCCCC2(C(=O)OCC)CO2)cc1. The molecule has 2 fully saturated rings. The van der Waals surface area contributed by atoms with Gasteiger partial charge in [-0.2, -0.15) is 0 Å². The Morgan fingerprint density at radius 2 is 2.00 bits per heavy atom. The summed E-state index contributed by atoms with van der Waals surface area (Å²) in [4.78, 5) is 23.1. The van der Waals surface area contributed by atoms with Crippen LogP contribution in [0.2, 0.25) is 0 Å². The Hall–Kier alpha value is -2.34. The van der Waals surface area contributed by atoms with E-state index in [4.69, 9.17) is 14.2 Å². The number of aldehydes is 1. The van der Waals surface area contributed by atoms with Gasteiger partial charge in [-0.3, -0.25) is 0 Å². The molecule has 0 bridgehead atoms. The maximum absolute atomic E-state index is 11.8. The molecule has 3 unspecified atom stereocenters. The van der Waals surface area contributed by atoms with Crippen molar-refractivity contribution in [3.05, 3.63) is 36.4 Å². The Kier molecular flexibility index (Phi) is 7.91. The van der Waals surface area contributed by atoms with E-state index in [-0.39, 0.29) is 12.0 Å². The highest BCUT2D eigenvalue weighted by Crippen LogP contribution is 2.39. The van der Waals surface area contributed by atoms with Crippen LogP contribution in [-0.4, -0.2) is 43.7 Å². The Balaban J connectivity index is 1.26. The lowest BCUT2D eigenvalue weighted by molar-refractivity contribution is -0.149. The molecule has 1 heterocycles. The van der Waals surface area contributed by atoms with Crippen LogP contribution < -0.4 is 10.1 Å². The van der Waals surface area contributed by atoms with Crippen molar-refractivity contribution in [3.63, 3.8) is 0 Å². The minimum Gasteiger partial charge on any atom is -0.494 e. The van der Waals surface area contributed by atoms with Crippen LogP contribution >= 0.6 is 0 Å². The van der Waals surface area contributed by atoms with Crippen molar-refractivity contribution < 1.29 is 23.8 Å². The number of carbonyl (C=O) groups excluding carboxylic acids is 2. The number of unbranched alkanes of at least 4 members (excludes halogenated alkanes) is 3. The largest absolute Gasteiger partial charge is 0.494 e. The first kappa shape index (κ1) is 22.3. The number of hydrogen-bond donors (Lipinski definition) is 1. The molecule has 6 nitrogen and oxygen atoms in total. The molecule has 0 radical (unpaired) electrons. The highest BCUT2D eigenvalue weighted by molar-refractivity contribution is 5.82. The normalized spacial score (nSPS) is 22.8. The van der Waals surface area contributed by atoms with Gasteiger partial charge in [0.05, 0.1) is 25.9 Å². The van der Waals surface area contributed by atoms with Gasteiger partial charge in [0, 0.05) is 5.69 Å². The third kappa shape index (κ3) is 6.59. The summed E-state index contributed by atoms with van der Waals surface area (Å²) in [5.41, 5.74) is 1.51. The molecule has 1 saturated carbocycles. The quantitative estimate of drug-likeness (QED) is 0.151. The Morgan fingerprint density at radius 3 is 2.60 bits per heavy atom. The number of hydrogen-bond acceptors (Lipinski definition) is 6. The predicted octanol–water partition coefficient (Wildman–Crippen LogP) is 4.29. The van der Waals surface area contributed by atoms with Gasteiger partial charge in [-0.15, -0.1) is 0 Å². The molecule has 3 rings (SSSR count). The predicted molar refractivity (Wildman–Crippen MR) is 116 cm³/mol. The summed E-state index contributed by atoms with van der Waals surface area (Å²) in [6.45, 7) is 7.31. The number of anilines is 1. The van der Waals surface area contributed by atoms with E-state index in [9.17, 15) is 9.59 Å². The van der Waals surface area contributed by atoms with E-state index in [2.05, 4.69) is 11.9 Å². The number of allylic oxidation sites excluding steroid dienone is 1. The van der Waals surface area contributed by atoms with E-state index in [1.807, 2.05) is 31.2 Å². The number of carbonyl (C=O) groups is 2. The number of benzene rings is 1. The van der Waals surface area contributed by atoms with E-state index in [0.29, 0.717) is 25.7 Å². The number of nitrogens with one attached hydrogen (secondary N) is 1. The van der Waals surface area contributed by atoms with E-state index < -0.39 is 5.60 Å². The van der Waals surface area contributed by atoms with Crippen LogP contribution in [0.15, 0.2) is 36.4 Å². The molecule has 1 aliphatic carbocycles. The number of rotatable bonds is 15. The van der Waals surface area contributed by atoms with E-state index >= 15 is 0 Å². The first-order valence-electron chi connectivity index (χ1n) is 11.0. The Labute approximate surface area is 179 Å². The third-order valence-corrected chi connectivity index (χ3v) is 5.72. The first-order valence-corrected chi connectivity index (χ1v) is 11.0. The summed E-state index contributed by atoms with van der Waals surface area (Å²) in [7, 11) is 0. The Morgan fingerprint density at radius 1 is 1.30 bits per heavy atom. The maximum atomic E-state index is 11.8. The number of epoxide rings is 1. The van der Waals surface area contributed by atoms with Gasteiger partial charge in [0.15, 0.2) is 5.60 Å². The van der Waals surface area contributed by atoms with Gasteiger partial charge >= 0.3 is 5.97 Å². The summed E-state index contributed by atoms with van der Waals surface area (Å²) >= 11 is 0. The fourth-order valence-corrected chi connectivity index (χ4v) is 3.59. The molecule has 2 aliphatic rings. The van der Waals surface area contributed by atoms with Crippen LogP contribution in [0.4, 0.5) is 5.69 Å². The summed E-state index contributed by atoms with van der Waals surface area (Å²) in [5, 5.41) is 3.26. The average molecular weight is 416 g/mol. The second kappa shape index (κ2) is 10.6. The van der Waals surface area contributed by atoms with Gasteiger partial charge in [-0.1, -0.05) is 25.0 Å². The summed E-state index contributed by atoms with van der Waals surface area (Å²) in [5.74, 6) is 1.10. The van der Waals surface area contributed by atoms with Crippen molar-refractivity contribution in [2.75, 3.05) is 25.1 Å². The molecule has 1 N–H and O–H groups in total. The summed E-state index contributed by atoms with van der Waals surface area (Å²) in [6.07, 6.45) is 7.56. The molecule has 1 aliphatic heterocycles. The zero-order valence-electron chi connectivity index (χ0n) is 17.9. The summed E-state index contributed by atoms with van der Waals surface area (Å²) < 4.78 is 16.2. The van der Waals surface area contributed by atoms with Crippen LogP contribution in [0.3, 0.4) is 0 Å². The molecule has 6 heteroatoms. The van der Waals surface area contributed by atoms with Gasteiger partial charge in [-0.05, 0) is 69.2 Å². The van der Waals surface area contributed by atoms with E-state index in [1.165, 1.54) is 5.57 Å². The molecule has 1 aromatic carbocycles. The molecule has 1 saturated heterocycles. The molecule has 30 heavy (non-hydrogen) atoms. The van der Waals surface area contributed by atoms with E-state index in [0.717, 1.165) is 62.7 Å². The fraction of sp³-hybridized carbons (Fsp3) is 0.583. The molecule has 3 atom stereocenters. The Bertz CT molecular complexity index is 726. The van der Waals surface area contributed by atoms with Crippen molar-refractivity contribution >= 4 is 17.9 Å². The van der Waals surface area contributed by atoms with Crippen molar-refractivity contribution in [2.45, 2.75) is 63.5 Å². The minimum atomic E-state index is -0.655. The third-order valence-electron chi connectivity index (χ3n) is 5.72. The maximum Gasteiger partial charge on any atom is 0.340 e. The second-order valence-corrected chi connectivity index (χ2v) is 8.22. The fourth-order valence-electron chi connectivity index (χ4n) is 3.59. The van der Waals surface area contributed by atoms with Crippen molar-refractivity contribution in [2.24, 2.45) is 5.92 Å². The second-order valence-electron chi connectivity index (χ2n) is 8.22. The van der Waals surface area contributed by atoms with Gasteiger partial charge in [0.2, 0.25) is 0 Å². The average Bonchev–Trinajstić information content (AvgIpc) is 3.66. The van der Waals surface area contributed by atoms with Crippen LogP contribution in [0, 0.1) is 5.92 Å². The smallest absolute Gasteiger partial charge is 0.340 e. The molecular weight excluding hydrogens is 382 g/mol. The van der Waals surface area contributed by atoms with Crippen LogP contribution in [-0.2, 0) is 19.1 Å². The lowest BCUT2D eigenvalue weighted by Gasteiger charge is -2.14. The minimum absolute atomic E-state index is 0.176. The van der Waals surface area contributed by atoms with Crippen molar-refractivity contribution in [1.29, 1.82) is 0 Å². The summed E-state index contributed by atoms with van der Waals surface area (Å²) in [6, 6.07) is 7.56. The highest BCUT2D eigenvalue weighted by Gasteiger charge is 2.52.